The second kappa shape index (κ2) is 6.25. The molecule has 1 aliphatic heterocycles. The fourth-order valence-electron chi connectivity index (χ4n) is 2.03. The number of anilines is 1. The number of fused-ring (bicyclic) bond motifs is 1. The van der Waals surface area contributed by atoms with Crippen molar-refractivity contribution in [1.82, 2.24) is 4.98 Å². The molecule has 2 heterocycles. The normalized spacial score (nSPS) is 13.5. The van der Waals surface area contributed by atoms with Crippen LogP contribution in [0.5, 0.6) is 11.5 Å². The SMILES string of the molecule is CC(=O)Nc1nc(C(=O)O[C@H](C)c2ccc3c(c2)OCO3)cs1. The van der Waals surface area contributed by atoms with Gasteiger partial charge in [0.1, 0.15) is 6.10 Å². The number of carbonyl (C=O) groups is 2. The van der Waals surface area contributed by atoms with Crippen LogP contribution in [0.1, 0.15) is 36.0 Å². The van der Waals surface area contributed by atoms with Gasteiger partial charge in [-0.1, -0.05) is 6.07 Å². The van der Waals surface area contributed by atoms with Gasteiger partial charge in [0.05, 0.1) is 0 Å². The predicted molar refractivity (Wildman–Crippen MR) is 82.8 cm³/mol. The summed E-state index contributed by atoms with van der Waals surface area (Å²) in [7, 11) is 0. The minimum absolute atomic E-state index is 0.159. The van der Waals surface area contributed by atoms with E-state index in [1.807, 2.05) is 6.07 Å². The molecule has 0 radical (unpaired) electrons. The Bertz CT molecular complexity index is 758. The Balaban J connectivity index is 1.67. The van der Waals surface area contributed by atoms with Gasteiger partial charge in [-0.25, -0.2) is 9.78 Å². The number of rotatable bonds is 4. The van der Waals surface area contributed by atoms with Crippen LogP contribution in [0, 0.1) is 0 Å². The largest absolute Gasteiger partial charge is 0.454 e. The van der Waals surface area contributed by atoms with E-state index >= 15 is 0 Å². The Morgan fingerprint density at radius 3 is 2.91 bits per heavy atom. The zero-order valence-corrected chi connectivity index (χ0v) is 13.3. The molecule has 1 atom stereocenters. The van der Waals surface area contributed by atoms with E-state index in [1.54, 1.807) is 24.4 Å². The van der Waals surface area contributed by atoms with Crippen molar-refractivity contribution in [1.29, 1.82) is 0 Å². The molecule has 120 valence electrons. The molecule has 2 aromatic rings. The van der Waals surface area contributed by atoms with Crippen molar-refractivity contribution in [2.45, 2.75) is 20.0 Å². The number of thiazole rings is 1. The van der Waals surface area contributed by atoms with Gasteiger partial charge in [-0.2, -0.15) is 0 Å². The zero-order chi connectivity index (χ0) is 16.4. The molecule has 1 aromatic carbocycles. The summed E-state index contributed by atoms with van der Waals surface area (Å²) in [6.45, 7) is 3.33. The average molecular weight is 334 g/mol. The fourth-order valence-corrected chi connectivity index (χ4v) is 2.76. The van der Waals surface area contributed by atoms with Crippen LogP contribution in [-0.4, -0.2) is 23.7 Å². The van der Waals surface area contributed by atoms with Crippen LogP contribution in [-0.2, 0) is 9.53 Å². The molecular weight excluding hydrogens is 320 g/mol. The molecule has 0 unspecified atom stereocenters. The van der Waals surface area contributed by atoms with E-state index in [2.05, 4.69) is 10.3 Å². The molecule has 1 aromatic heterocycles. The number of nitrogens with zero attached hydrogens (tertiary/aromatic N) is 1. The highest BCUT2D eigenvalue weighted by atomic mass is 32.1. The first-order chi connectivity index (χ1) is 11.0. The third-order valence-electron chi connectivity index (χ3n) is 3.15. The third kappa shape index (κ3) is 3.42. The summed E-state index contributed by atoms with van der Waals surface area (Å²) in [5.41, 5.74) is 0.950. The summed E-state index contributed by atoms with van der Waals surface area (Å²) in [6, 6.07) is 5.37. The minimum Gasteiger partial charge on any atom is -0.454 e. The van der Waals surface area contributed by atoms with Gasteiger partial charge >= 0.3 is 5.97 Å². The van der Waals surface area contributed by atoms with E-state index in [0.29, 0.717) is 16.6 Å². The Kier molecular flexibility index (Phi) is 4.16. The van der Waals surface area contributed by atoms with Crippen molar-refractivity contribution in [2.75, 3.05) is 12.1 Å². The van der Waals surface area contributed by atoms with Gasteiger partial charge in [0.2, 0.25) is 12.7 Å². The number of aromatic nitrogens is 1. The molecule has 8 heteroatoms. The van der Waals surface area contributed by atoms with Crippen molar-refractivity contribution in [2.24, 2.45) is 0 Å². The maximum atomic E-state index is 12.1. The van der Waals surface area contributed by atoms with Crippen LogP contribution in [0.4, 0.5) is 5.13 Å². The highest BCUT2D eigenvalue weighted by Gasteiger charge is 2.20. The summed E-state index contributed by atoms with van der Waals surface area (Å²) >= 11 is 1.16. The lowest BCUT2D eigenvalue weighted by Gasteiger charge is -2.13. The van der Waals surface area contributed by atoms with E-state index in [1.165, 1.54) is 6.92 Å². The van der Waals surface area contributed by atoms with Gasteiger partial charge in [-0.3, -0.25) is 4.79 Å². The molecule has 0 fully saturated rings. The molecule has 1 amide bonds. The van der Waals surface area contributed by atoms with Gasteiger partial charge in [0.15, 0.2) is 22.3 Å². The first kappa shape index (κ1) is 15.3. The first-order valence-electron chi connectivity index (χ1n) is 6.86. The van der Waals surface area contributed by atoms with E-state index in [0.717, 1.165) is 16.9 Å². The lowest BCUT2D eigenvalue weighted by Crippen LogP contribution is -2.10. The third-order valence-corrected chi connectivity index (χ3v) is 3.90. The Morgan fingerprint density at radius 2 is 2.13 bits per heavy atom. The molecule has 1 aliphatic rings. The van der Waals surface area contributed by atoms with Crippen molar-refractivity contribution in [3.05, 3.63) is 34.8 Å². The molecule has 7 nitrogen and oxygen atoms in total. The summed E-state index contributed by atoms with van der Waals surface area (Å²) in [5.74, 6) is 0.509. The second-order valence-electron chi connectivity index (χ2n) is 4.88. The molecule has 3 rings (SSSR count). The summed E-state index contributed by atoms with van der Waals surface area (Å²) < 4.78 is 15.9. The molecule has 0 aliphatic carbocycles. The van der Waals surface area contributed by atoms with E-state index in [4.69, 9.17) is 14.2 Å². The van der Waals surface area contributed by atoms with Gasteiger partial charge in [0, 0.05) is 12.3 Å². The van der Waals surface area contributed by atoms with E-state index < -0.39 is 12.1 Å². The highest BCUT2D eigenvalue weighted by Crippen LogP contribution is 2.35. The van der Waals surface area contributed by atoms with E-state index in [-0.39, 0.29) is 18.4 Å². The number of benzene rings is 1. The molecule has 0 saturated carbocycles. The summed E-state index contributed by atoms with van der Waals surface area (Å²) in [4.78, 5) is 27.1. The van der Waals surface area contributed by atoms with Crippen molar-refractivity contribution in [3.63, 3.8) is 0 Å². The van der Waals surface area contributed by atoms with Gasteiger partial charge in [-0.15, -0.1) is 11.3 Å². The zero-order valence-electron chi connectivity index (χ0n) is 12.5. The highest BCUT2D eigenvalue weighted by molar-refractivity contribution is 7.14. The number of ether oxygens (including phenoxy) is 3. The molecule has 0 spiro atoms. The maximum absolute atomic E-state index is 12.1. The summed E-state index contributed by atoms with van der Waals surface area (Å²) in [5, 5.41) is 4.43. The van der Waals surface area contributed by atoms with Gasteiger partial charge < -0.3 is 19.5 Å². The molecule has 0 bridgehead atoms. The lowest BCUT2D eigenvalue weighted by molar-refractivity contribution is -0.114. The Labute approximate surface area is 136 Å². The molecule has 23 heavy (non-hydrogen) atoms. The summed E-state index contributed by atoms with van der Waals surface area (Å²) in [6.07, 6.45) is -0.470. The van der Waals surface area contributed by atoms with Crippen molar-refractivity contribution in [3.8, 4) is 11.5 Å². The van der Waals surface area contributed by atoms with Crippen LogP contribution in [0.2, 0.25) is 0 Å². The average Bonchev–Trinajstić information content (AvgIpc) is 3.14. The molecule has 1 N–H and O–H groups in total. The lowest BCUT2D eigenvalue weighted by atomic mass is 10.1. The van der Waals surface area contributed by atoms with E-state index in [9.17, 15) is 9.59 Å². The fraction of sp³-hybridized carbons (Fsp3) is 0.267. The van der Waals surface area contributed by atoms with Crippen molar-refractivity contribution >= 4 is 28.3 Å². The minimum atomic E-state index is -0.553. The second-order valence-corrected chi connectivity index (χ2v) is 5.74. The van der Waals surface area contributed by atoms with Crippen LogP contribution in [0.3, 0.4) is 0 Å². The standard InChI is InChI=1S/C15H14N2O5S/c1-8(10-3-4-12-13(5-10)21-7-20-12)22-14(19)11-6-23-15(17-11)16-9(2)18/h3-6,8H,7H2,1-2H3,(H,16,17,18)/t8-/m1/s1. The maximum Gasteiger partial charge on any atom is 0.358 e. The number of carbonyl (C=O) groups excluding carboxylic acids is 2. The monoisotopic (exact) mass is 334 g/mol. The number of hydrogen-bond acceptors (Lipinski definition) is 7. The number of nitrogens with one attached hydrogen (secondary N) is 1. The number of esters is 1. The van der Waals surface area contributed by atoms with Crippen LogP contribution < -0.4 is 14.8 Å². The van der Waals surface area contributed by atoms with Crippen LogP contribution in [0.15, 0.2) is 23.6 Å². The predicted octanol–water partition coefficient (Wildman–Crippen LogP) is 2.75. The van der Waals surface area contributed by atoms with Crippen LogP contribution >= 0.6 is 11.3 Å². The number of hydrogen-bond donors (Lipinski definition) is 1. The first-order valence-corrected chi connectivity index (χ1v) is 7.74. The van der Waals surface area contributed by atoms with Gasteiger partial charge in [-0.05, 0) is 24.6 Å². The molecular formula is C15H14N2O5S. The quantitative estimate of drug-likeness (QED) is 0.865. The van der Waals surface area contributed by atoms with Crippen LogP contribution in [0.25, 0.3) is 0 Å². The topological polar surface area (TPSA) is 86.8 Å². The smallest absolute Gasteiger partial charge is 0.358 e. The number of amides is 1. The Hall–Kier alpha value is -2.61. The molecule has 0 saturated heterocycles. The van der Waals surface area contributed by atoms with Gasteiger partial charge in [0.25, 0.3) is 0 Å². The Morgan fingerprint density at radius 1 is 1.35 bits per heavy atom. The van der Waals surface area contributed by atoms with Crippen molar-refractivity contribution < 1.29 is 23.8 Å².